The highest BCUT2D eigenvalue weighted by atomic mass is 15.2. The third kappa shape index (κ3) is 3.13. The van der Waals surface area contributed by atoms with Crippen LogP contribution in [-0.2, 0) is 0 Å². The smallest absolute Gasteiger partial charge is 0.183 e. The van der Waals surface area contributed by atoms with Crippen molar-refractivity contribution in [2.45, 2.75) is 40.2 Å². The molecule has 2 N–H and O–H groups in total. The number of benzene rings is 1. The second kappa shape index (κ2) is 5.87. The average molecular weight is 258 g/mol. The highest BCUT2D eigenvalue weighted by molar-refractivity contribution is 5.73. The van der Waals surface area contributed by atoms with Crippen molar-refractivity contribution in [2.24, 2.45) is 5.92 Å². The van der Waals surface area contributed by atoms with Crippen molar-refractivity contribution in [3.63, 3.8) is 0 Å². The Hall–Kier alpha value is -1.84. The maximum absolute atomic E-state index is 4.41. The molecule has 1 heterocycles. The molecule has 0 aliphatic heterocycles. The van der Waals surface area contributed by atoms with Crippen LogP contribution < -0.4 is 5.32 Å². The topological polar surface area (TPSA) is 53.6 Å². The van der Waals surface area contributed by atoms with Crippen LogP contribution in [0.4, 0.5) is 5.69 Å². The minimum atomic E-state index is 0.422. The van der Waals surface area contributed by atoms with Crippen molar-refractivity contribution in [3.05, 3.63) is 30.1 Å². The van der Waals surface area contributed by atoms with E-state index in [0.29, 0.717) is 12.0 Å². The lowest BCUT2D eigenvalue weighted by molar-refractivity contribution is 0.495. The Morgan fingerprint density at radius 1 is 1.26 bits per heavy atom. The van der Waals surface area contributed by atoms with Gasteiger partial charge in [0.05, 0.1) is 0 Å². The van der Waals surface area contributed by atoms with E-state index in [-0.39, 0.29) is 0 Å². The first-order chi connectivity index (χ1) is 9.11. The van der Waals surface area contributed by atoms with Crippen LogP contribution in [0.2, 0.25) is 0 Å². The molecule has 2 aromatic rings. The van der Waals surface area contributed by atoms with Gasteiger partial charge in [0.1, 0.15) is 5.82 Å². The average Bonchev–Trinajstić information content (AvgIpc) is 2.85. The highest BCUT2D eigenvalue weighted by Gasteiger charge is 2.14. The number of hydrogen-bond donors (Lipinski definition) is 2. The molecule has 2 rings (SSSR count). The third-order valence-electron chi connectivity index (χ3n) is 3.65. The van der Waals surface area contributed by atoms with E-state index >= 15 is 0 Å². The second-order valence-electron chi connectivity index (χ2n) is 5.11. The Morgan fingerprint density at radius 2 is 2.00 bits per heavy atom. The summed E-state index contributed by atoms with van der Waals surface area (Å²) in [7, 11) is 0. The van der Waals surface area contributed by atoms with Crippen molar-refractivity contribution in [2.75, 3.05) is 5.32 Å². The van der Waals surface area contributed by atoms with Gasteiger partial charge in [0.2, 0.25) is 0 Å². The molecular formula is C15H22N4. The molecule has 102 valence electrons. The molecule has 0 aliphatic carbocycles. The number of para-hydroxylation sites is 1. The lowest BCUT2D eigenvalue weighted by atomic mass is 10.00. The molecule has 2 unspecified atom stereocenters. The van der Waals surface area contributed by atoms with Gasteiger partial charge in [-0.15, -0.1) is 0 Å². The van der Waals surface area contributed by atoms with E-state index < -0.39 is 0 Å². The molecule has 0 radical (unpaired) electrons. The van der Waals surface area contributed by atoms with Gasteiger partial charge in [-0.1, -0.05) is 32.4 Å². The SMILES string of the molecule is CCC(C)C(C)Nc1ccccc1-c1n[nH]c(C)n1. The summed E-state index contributed by atoms with van der Waals surface area (Å²) >= 11 is 0. The van der Waals surface area contributed by atoms with Gasteiger partial charge in [-0.05, 0) is 31.9 Å². The number of anilines is 1. The molecule has 0 saturated heterocycles. The molecule has 19 heavy (non-hydrogen) atoms. The number of nitrogens with zero attached hydrogens (tertiary/aromatic N) is 2. The first kappa shape index (κ1) is 13.6. The van der Waals surface area contributed by atoms with Gasteiger partial charge in [-0.25, -0.2) is 4.98 Å². The largest absolute Gasteiger partial charge is 0.382 e. The Bertz CT molecular complexity index is 532. The number of H-pyrrole nitrogens is 1. The molecule has 0 spiro atoms. The van der Waals surface area contributed by atoms with Gasteiger partial charge in [0.15, 0.2) is 5.82 Å². The van der Waals surface area contributed by atoms with E-state index in [1.807, 2.05) is 25.1 Å². The second-order valence-corrected chi connectivity index (χ2v) is 5.11. The molecule has 0 aliphatic rings. The van der Waals surface area contributed by atoms with Crippen molar-refractivity contribution >= 4 is 5.69 Å². The molecule has 4 nitrogen and oxygen atoms in total. The first-order valence-electron chi connectivity index (χ1n) is 6.86. The van der Waals surface area contributed by atoms with Crippen molar-refractivity contribution in [3.8, 4) is 11.4 Å². The molecule has 0 fully saturated rings. The lowest BCUT2D eigenvalue weighted by Gasteiger charge is -2.22. The van der Waals surface area contributed by atoms with E-state index in [1.165, 1.54) is 0 Å². The highest BCUT2D eigenvalue weighted by Crippen LogP contribution is 2.26. The molecular weight excluding hydrogens is 236 g/mol. The quantitative estimate of drug-likeness (QED) is 0.861. The summed E-state index contributed by atoms with van der Waals surface area (Å²) in [5.74, 6) is 2.21. The standard InChI is InChI=1S/C15H22N4/c1-5-10(2)11(3)16-14-9-7-6-8-13(14)15-17-12(4)18-19-15/h6-11,16H,5H2,1-4H3,(H,17,18,19). The number of nitrogens with one attached hydrogen (secondary N) is 2. The van der Waals surface area contributed by atoms with Gasteiger partial charge < -0.3 is 5.32 Å². The summed E-state index contributed by atoms with van der Waals surface area (Å²) in [6, 6.07) is 8.61. The summed E-state index contributed by atoms with van der Waals surface area (Å²) in [4.78, 5) is 4.41. The van der Waals surface area contributed by atoms with Crippen LogP contribution in [0.1, 0.15) is 33.0 Å². The van der Waals surface area contributed by atoms with Gasteiger partial charge in [0.25, 0.3) is 0 Å². The van der Waals surface area contributed by atoms with Crippen LogP contribution in [0.5, 0.6) is 0 Å². The molecule has 2 atom stereocenters. The van der Waals surface area contributed by atoms with Crippen LogP contribution in [0.15, 0.2) is 24.3 Å². The first-order valence-corrected chi connectivity index (χ1v) is 6.86. The summed E-state index contributed by atoms with van der Waals surface area (Å²) < 4.78 is 0. The predicted octanol–water partition coefficient (Wildman–Crippen LogP) is 3.63. The molecule has 0 bridgehead atoms. The molecule has 4 heteroatoms. The number of hydrogen-bond acceptors (Lipinski definition) is 3. The van der Waals surface area contributed by atoms with E-state index in [9.17, 15) is 0 Å². The third-order valence-corrected chi connectivity index (χ3v) is 3.65. The van der Waals surface area contributed by atoms with E-state index in [1.54, 1.807) is 0 Å². The normalized spacial score (nSPS) is 14.1. The summed E-state index contributed by atoms with van der Waals surface area (Å²) in [5, 5.41) is 10.7. The fourth-order valence-corrected chi connectivity index (χ4v) is 2.01. The van der Waals surface area contributed by atoms with Crippen LogP contribution in [-0.4, -0.2) is 21.2 Å². The Kier molecular flexibility index (Phi) is 4.20. The Balaban J connectivity index is 2.26. The molecule has 1 aromatic heterocycles. The van der Waals surface area contributed by atoms with Crippen molar-refractivity contribution in [1.29, 1.82) is 0 Å². The van der Waals surface area contributed by atoms with Gasteiger partial charge in [-0.2, -0.15) is 5.10 Å². The number of aromatic nitrogens is 3. The maximum atomic E-state index is 4.41. The van der Waals surface area contributed by atoms with E-state index in [2.05, 4.69) is 47.3 Å². The fraction of sp³-hybridized carbons (Fsp3) is 0.467. The Labute approximate surface area is 114 Å². The van der Waals surface area contributed by atoms with Crippen LogP contribution in [0.25, 0.3) is 11.4 Å². The zero-order chi connectivity index (χ0) is 13.8. The van der Waals surface area contributed by atoms with E-state index in [0.717, 1.165) is 29.3 Å². The summed E-state index contributed by atoms with van der Waals surface area (Å²) in [6.45, 7) is 8.60. The molecule has 0 amide bonds. The lowest BCUT2D eigenvalue weighted by Crippen LogP contribution is -2.23. The molecule has 1 aromatic carbocycles. The van der Waals surface area contributed by atoms with Crippen LogP contribution >= 0.6 is 0 Å². The monoisotopic (exact) mass is 258 g/mol. The Morgan fingerprint density at radius 3 is 2.63 bits per heavy atom. The van der Waals surface area contributed by atoms with E-state index in [4.69, 9.17) is 0 Å². The van der Waals surface area contributed by atoms with Gasteiger partial charge >= 0.3 is 0 Å². The van der Waals surface area contributed by atoms with Gasteiger partial charge in [-0.3, -0.25) is 5.10 Å². The van der Waals surface area contributed by atoms with Gasteiger partial charge in [0, 0.05) is 17.3 Å². The molecule has 0 saturated carbocycles. The summed E-state index contributed by atoms with van der Waals surface area (Å²) in [6.07, 6.45) is 1.16. The minimum Gasteiger partial charge on any atom is -0.382 e. The minimum absolute atomic E-state index is 0.422. The van der Waals surface area contributed by atoms with Crippen molar-refractivity contribution in [1.82, 2.24) is 15.2 Å². The predicted molar refractivity (Wildman–Crippen MR) is 79.1 cm³/mol. The number of aryl methyl sites for hydroxylation is 1. The van der Waals surface area contributed by atoms with Crippen LogP contribution in [0, 0.1) is 12.8 Å². The number of rotatable bonds is 5. The maximum Gasteiger partial charge on any atom is 0.183 e. The van der Waals surface area contributed by atoms with Crippen LogP contribution in [0.3, 0.4) is 0 Å². The zero-order valence-corrected chi connectivity index (χ0v) is 12.1. The summed E-state index contributed by atoms with van der Waals surface area (Å²) in [5.41, 5.74) is 2.14. The fourth-order valence-electron chi connectivity index (χ4n) is 2.01. The zero-order valence-electron chi connectivity index (χ0n) is 12.1. The number of aromatic amines is 1. The van der Waals surface area contributed by atoms with Crippen molar-refractivity contribution < 1.29 is 0 Å².